The molecule has 0 spiro atoms. The van der Waals surface area contributed by atoms with Crippen LogP contribution in [0.2, 0.25) is 0 Å². The minimum atomic E-state index is -0.786. The number of hydrogen-bond acceptors (Lipinski definition) is 5. The summed E-state index contributed by atoms with van der Waals surface area (Å²) in [7, 11) is 0. The minimum absolute atomic E-state index is 0.272. The van der Waals surface area contributed by atoms with E-state index in [1.807, 2.05) is 30.3 Å². The first-order chi connectivity index (χ1) is 12.1. The van der Waals surface area contributed by atoms with Gasteiger partial charge in [0, 0.05) is 6.20 Å². The first kappa shape index (κ1) is 14.8. The summed E-state index contributed by atoms with van der Waals surface area (Å²) in [5.41, 5.74) is -1.21. The van der Waals surface area contributed by atoms with Crippen LogP contribution in [0.1, 0.15) is 0 Å². The Labute approximate surface area is 140 Å². The molecule has 25 heavy (non-hydrogen) atoms. The molecule has 0 unspecified atom stereocenters. The Kier molecular flexibility index (Phi) is 3.39. The van der Waals surface area contributed by atoms with Gasteiger partial charge >= 0.3 is 17.1 Å². The second-order valence-corrected chi connectivity index (χ2v) is 5.37. The molecule has 0 fully saturated rings. The molecule has 0 aliphatic heterocycles. The van der Waals surface area contributed by atoms with Crippen molar-refractivity contribution in [3.8, 4) is 11.6 Å². The van der Waals surface area contributed by atoms with E-state index in [0.29, 0.717) is 5.75 Å². The molecule has 2 heterocycles. The molecule has 0 radical (unpaired) electrons. The Bertz CT molecular complexity index is 1180. The van der Waals surface area contributed by atoms with Crippen molar-refractivity contribution in [2.24, 2.45) is 0 Å². The van der Waals surface area contributed by atoms with Gasteiger partial charge in [0.05, 0.1) is 4.92 Å². The van der Waals surface area contributed by atoms with Gasteiger partial charge in [0.15, 0.2) is 0 Å². The van der Waals surface area contributed by atoms with Crippen molar-refractivity contribution >= 4 is 22.1 Å². The molecule has 0 saturated heterocycles. The van der Waals surface area contributed by atoms with Crippen LogP contribution < -0.4 is 10.3 Å². The molecule has 0 amide bonds. The van der Waals surface area contributed by atoms with Crippen molar-refractivity contribution in [3.05, 3.63) is 87.3 Å². The highest BCUT2D eigenvalue weighted by molar-refractivity contribution is 5.83. The van der Waals surface area contributed by atoms with Crippen LogP contribution in [-0.4, -0.2) is 14.3 Å². The van der Waals surface area contributed by atoms with Gasteiger partial charge in [-0.15, -0.1) is 0 Å². The summed E-state index contributed by atoms with van der Waals surface area (Å²) in [5, 5.41) is 13.3. The van der Waals surface area contributed by atoms with E-state index in [-0.39, 0.29) is 11.5 Å². The number of benzene rings is 2. The fourth-order valence-electron chi connectivity index (χ4n) is 2.63. The molecule has 0 saturated carbocycles. The number of pyridine rings is 1. The monoisotopic (exact) mass is 333 g/mol. The largest absolute Gasteiger partial charge is 0.433 e. The Morgan fingerprint density at radius 3 is 2.56 bits per heavy atom. The van der Waals surface area contributed by atoms with E-state index in [2.05, 4.69) is 4.98 Å². The quantitative estimate of drug-likeness (QED) is 0.423. The molecule has 122 valence electrons. The molecule has 2 aromatic carbocycles. The molecule has 0 N–H and O–H groups in total. The molecule has 0 aliphatic rings. The van der Waals surface area contributed by atoms with Crippen LogP contribution in [0.5, 0.6) is 11.6 Å². The van der Waals surface area contributed by atoms with Gasteiger partial charge in [0.25, 0.3) is 0 Å². The Balaban J connectivity index is 1.88. The summed E-state index contributed by atoms with van der Waals surface area (Å²) in [5.74, 6) is 0.0467. The lowest BCUT2D eigenvalue weighted by atomic mass is 10.1. The van der Waals surface area contributed by atoms with Gasteiger partial charge in [-0.25, -0.2) is 0 Å². The maximum atomic E-state index is 12.4. The molecule has 4 aromatic rings. The number of rotatable bonds is 3. The Morgan fingerprint density at radius 2 is 1.76 bits per heavy atom. The van der Waals surface area contributed by atoms with Gasteiger partial charge in [-0.3, -0.25) is 19.3 Å². The molecular formula is C18H11N3O4. The molecule has 0 bridgehead atoms. The maximum Gasteiger partial charge on any atom is 0.396 e. The Hall–Kier alpha value is -3.74. The molecule has 0 atom stereocenters. The van der Waals surface area contributed by atoms with Crippen LogP contribution >= 0.6 is 0 Å². The first-order valence-electron chi connectivity index (χ1n) is 7.46. The summed E-state index contributed by atoms with van der Waals surface area (Å²) in [4.78, 5) is 27.1. The predicted molar refractivity (Wildman–Crippen MR) is 92.1 cm³/mol. The standard InChI is InChI=1S/C18H11N3O4/c22-18-16(21(23)24)17(19-15-7-3-4-10-20(15)18)25-14-9-8-12-5-1-2-6-13(12)11-14/h1-11H. The summed E-state index contributed by atoms with van der Waals surface area (Å²) < 4.78 is 6.72. The van der Waals surface area contributed by atoms with Crippen LogP contribution in [0.15, 0.2) is 71.7 Å². The van der Waals surface area contributed by atoms with E-state index in [4.69, 9.17) is 4.74 Å². The highest BCUT2D eigenvalue weighted by atomic mass is 16.6. The van der Waals surface area contributed by atoms with E-state index >= 15 is 0 Å². The van der Waals surface area contributed by atoms with Gasteiger partial charge in [0.2, 0.25) is 0 Å². The van der Waals surface area contributed by atoms with Crippen molar-refractivity contribution in [2.75, 3.05) is 0 Å². The van der Waals surface area contributed by atoms with Crippen LogP contribution in [-0.2, 0) is 0 Å². The molecule has 0 aliphatic carbocycles. The summed E-state index contributed by atoms with van der Waals surface area (Å²) in [6, 6.07) is 17.8. The molecule has 7 heteroatoms. The van der Waals surface area contributed by atoms with Crippen molar-refractivity contribution < 1.29 is 9.66 Å². The SMILES string of the molecule is O=c1c([N+](=O)[O-])c(Oc2ccc3ccccc3c2)nc2ccccn12. The van der Waals surface area contributed by atoms with Gasteiger partial charge < -0.3 is 4.74 Å². The van der Waals surface area contributed by atoms with Gasteiger partial charge in [-0.05, 0) is 35.0 Å². The number of fused-ring (bicyclic) bond motifs is 2. The van der Waals surface area contributed by atoms with Crippen LogP contribution in [0.4, 0.5) is 5.69 Å². The van der Waals surface area contributed by atoms with Gasteiger partial charge in [-0.2, -0.15) is 4.98 Å². The van der Waals surface area contributed by atoms with Crippen molar-refractivity contribution in [2.45, 2.75) is 0 Å². The average molecular weight is 333 g/mol. The Morgan fingerprint density at radius 1 is 1.00 bits per heavy atom. The van der Waals surface area contributed by atoms with E-state index in [1.54, 1.807) is 30.3 Å². The topological polar surface area (TPSA) is 86.7 Å². The number of aromatic nitrogens is 2. The lowest BCUT2D eigenvalue weighted by Crippen LogP contribution is -2.19. The zero-order valence-corrected chi connectivity index (χ0v) is 12.8. The second-order valence-electron chi connectivity index (χ2n) is 5.37. The normalized spacial score (nSPS) is 10.9. The fraction of sp³-hybridized carbons (Fsp3) is 0. The molecule has 7 nitrogen and oxygen atoms in total. The van der Waals surface area contributed by atoms with Gasteiger partial charge in [0.1, 0.15) is 11.4 Å². The third kappa shape index (κ3) is 2.57. The smallest absolute Gasteiger partial charge is 0.396 e. The van der Waals surface area contributed by atoms with Crippen LogP contribution in [0.25, 0.3) is 16.4 Å². The van der Waals surface area contributed by atoms with E-state index in [1.165, 1.54) is 6.20 Å². The summed E-state index contributed by atoms with van der Waals surface area (Å²) in [6.07, 6.45) is 1.43. The van der Waals surface area contributed by atoms with E-state index in [9.17, 15) is 14.9 Å². The summed E-state index contributed by atoms with van der Waals surface area (Å²) >= 11 is 0. The fourth-order valence-corrected chi connectivity index (χ4v) is 2.63. The maximum absolute atomic E-state index is 12.4. The minimum Gasteiger partial charge on any atom is -0.433 e. The first-order valence-corrected chi connectivity index (χ1v) is 7.46. The average Bonchev–Trinajstić information content (AvgIpc) is 2.61. The highest BCUT2D eigenvalue weighted by Crippen LogP contribution is 2.29. The zero-order valence-electron chi connectivity index (χ0n) is 12.8. The number of nitro groups is 1. The number of nitrogens with zero attached hydrogens (tertiary/aromatic N) is 3. The summed E-state index contributed by atoms with van der Waals surface area (Å²) in [6.45, 7) is 0. The second kappa shape index (κ2) is 5.72. The zero-order chi connectivity index (χ0) is 17.4. The lowest BCUT2D eigenvalue weighted by Gasteiger charge is -2.08. The van der Waals surface area contributed by atoms with E-state index < -0.39 is 16.2 Å². The molecule has 2 aromatic heterocycles. The van der Waals surface area contributed by atoms with Crippen molar-refractivity contribution in [1.29, 1.82) is 0 Å². The molecule has 4 rings (SSSR count). The third-order valence-electron chi connectivity index (χ3n) is 3.80. The molecular weight excluding hydrogens is 322 g/mol. The number of hydrogen-bond donors (Lipinski definition) is 0. The van der Waals surface area contributed by atoms with E-state index in [0.717, 1.165) is 15.2 Å². The van der Waals surface area contributed by atoms with Crippen molar-refractivity contribution in [1.82, 2.24) is 9.38 Å². The van der Waals surface area contributed by atoms with Crippen LogP contribution in [0, 0.1) is 10.1 Å². The lowest BCUT2D eigenvalue weighted by molar-refractivity contribution is -0.387. The third-order valence-corrected chi connectivity index (χ3v) is 3.80. The van der Waals surface area contributed by atoms with Crippen LogP contribution in [0.3, 0.4) is 0 Å². The predicted octanol–water partition coefficient (Wildman–Crippen LogP) is 3.55. The van der Waals surface area contributed by atoms with Crippen molar-refractivity contribution in [3.63, 3.8) is 0 Å². The number of ether oxygens (including phenoxy) is 1. The highest BCUT2D eigenvalue weighted by Gasteiger charge is 2.25. The van der Waals surface area contributed by atoms with Gasteiger partial charge in [-0.1, -0.05) is 36.4 Å².